The average molecular weight is 218 g/mol. The van der Waals surface area contributed by atoms with Gasteiger partial charge in [0.25, 0.3) is 0 Å². The molecule has 0 spiro atoms. The largest absolute Gasteiger partial charge is 0.459 e. The molecule has 1 unspecified atom stereocenters. The highest BCUT2D eigenvalue weighted by Gasteiger charge is 2.18. The van der Waals surface area contributed by atoms with Gasteiger partial charge in [0.05, 0.1) is 6.04 Å². The van der Waals surface area contributed by atoms with Gasteiger partial charge in [0, 0.05) is 5.39 Å². The molecule has 86 valence electrons. The number of rotatable bonds is 3. The molecule has 0 aliphatic rings. The highest BCUT2D eigenvalue weighted by Crippen LogP contribution is 2.29. The number of benzene rings is 1. The van der Waals surface area contributed by atoms with Crippen LogP contribution in [0.15, 0.2) is 28.7 Å². The second kappa shape index (κ2) is 4.28. The Bertz CT molecular complexity index is 488. The third-order valence-electron chi connectivity index (χ3n) is 2.91. The number of para-hydroxylation sites is 1. The molecule has 1 atom stereocenters. The number of hydrogen-bond acceptors (Lipinski definition) is 3. The third kappa shape index (κ3) is 1.84. The predicted octanol–water partition coefficient (Wildman–Crippen LogP) is 2.90. The Morgan fingerprint density at radius 1 is 1.31 bits per heavy atom. The van der Waals surface area contributed by atoms with Gasteiger partial charge in [0.15, 0.2) is 0 Å². The highest BCUT2D eigenvalue weighted by molar-refractivity contribution is 5.80. The van der Waals surface area contributed by atoms with Crippen LogP contribution in [0.5, 0.6) is 0 Å². The Hall–Kier alpha value is -1.32. The fourth-order valence-electron chi connectivity index (χ4n) is 1.99. The average Bonchev–Trinajstić information content (AvgIpc) is 2.63. The van der Waals surface area contributed by atoms with Crippen molar-refractivity contribution in [3.63, 3.8) is 0 Å². The van der Waals surface area contributed by atoms with Gasteiger partial charge in [-0.1, -0.05) is 32.0 Å². The fourth-order valence-corrected chi connectivity index (χ4v) is 1.99. The van der Waals surface area contributed by atoms with Crippen molar-refractivity contribution in [1.82, 2.24) is 5.43 Å². The van der Waals surface area contributed by atoms with Crippen LogP contribution in [0.25, 0.3) is 11.0 Å². The van der Waals surface area contributed by atoms with E-state index in [1.807, 2.05) is 6.07 Å². The van der Waals surface area contributed by atoms with Gasteiger partial charge in [-0.05, 0) is 24.5 Å². The summed E-state index contributed by atoms with van der Waals surface area (Å²) < 4.78 is 5.87. The smallest absolute Gasteiger partial charge is 0.137 e. The van der Waals surface area contributed by atoms with Crippen molar-refractivity contribution in [3.05, 3.63) is 35.6 Å². The first-order chi connectivity index (χ1) is 7.63. The lowest BCUT2D eigenvalue weighted by molar-refractivity contribution is 0.355. The molecule has 0 aliphatic heterocycles. The quantitative estimate of drug-likeness (QED) is 0.615. The van der Waals surface area contributed by atoms with Gasteiger partial charge in [-0.15, -0.1) is 0 Å². The number of furan rings is 1. The second-order valence-corrected chi connectivity index (χ2v) is 4.53. The summed E-state index contributed by atoms with van der Waals surface area (Å²) in [7, 11) is 0. The van der Waals surface area contributed by atoms with E-state index in [1.165, 1.54) is 0 Å². The SMILES string of the molecule is Cc1cccc2cc(C(NN)C(C)C)oc12. The van der Waals surface area contributed by atoms with E-state index in [4.69, 9.17) is 10.3 Å². The standard InChI is InChI=1S/C13H18N2O/c1-8(2)12(15-14)11-7-10-6-4-5-9(3)13(10)16-11/h4-8,12,15H,14H2,1-3H3. The molecule has 3 nitrogen and oxygen atoms in total. The summed E-state index contributed by atoms with van der Waals surface area (Å²) in [5.74, 6) is 6.85. The minimum absolute atomic E-state index is 0.0619. The fraction of sp³-hybridized carbons (Fsp3) is 0.385. The van der Waals surface area contributed by atoms with E-state index < -0.39 is 0 Å². The Morgan fingerprint density at radius 3 is 2.62 bits per heavy atom. The summed E-state index contributed by atoms with van der Waals surface area (Å²) in [5.41, 5.74) is 4.92. The van der Waals surface area contributed by atoms with Crippen LogP contribution in [0.3, 0.4) is 0 Å². The number of hydrogen-bond donors (Lipinski definition) is 2. The van der Waals surface area contributed by atoms with E-state index in [1.54, 1.807) is 0 Å². The molecular formula is C13H18N2O. The van der Waals surface area contributed by atoms with Crippen LogP contribution in [0, 0.1) is 12.8 Å². The molecule has 0 fully saturated rings. The summed E-state index contributed by atoms with van der Waals surface area (Å²) in [6.07, 6.45) is 0. The molecule has 1 aromatic heterocycles. The molecule has 0 saturated carbocycles. The molecule has 0 aliphatic carbocycles. The lowest BCUT2D eigenvalue weighted by Gasteiger charge is -2.16. The Balaban J connectivity index is 2.50. The molecule has 3 heteroatoms. The minimum atomic E-state index is 0.0619. The van der Waals surface area contributed by atoms with Crippen molar-refractivity contribution in [1.29, 1.82) is 0 Å². The van der Waals surface area contributed by atoms with Crippen LogP contribution in [0.4, 0.5) is 0 Å². The van der Waals surface area contributed by atoms with Crippen LogP contribution < -0.4 is 11.3 Å². The highest BCUT2D eigenvalue weighted by atomic mass is 16.3. The maximum atomic E-state index is 5.87. The lowest BCUT2D eigenvalue weighted by atomic mass is 10.0. The van der Waals surface area contributed by atoms with Crippen molar-refractivity contribution in [2.24, 2.45) is 11.8 Å². The van der Waals surface area contributed by atoms with Gasteiger partial charge in [0.2, 0.25) is 0 Å². The summed E-state index contributed by atoms with van der Waals surface area (Å²) in [5, 5.41) is 1.14. The third-order valence-corrected chi connectivity index (χ3v) is 2.91. The zero-order valence-corrected chi connectivity index (χ0v) is 9.95. The van der Waals surface area contributed by atoms with Crippen molar-refractivity contribution >= 4 is 11.0 Å². The van der Waals surface area contributed by atoms with Gasteiger partial charge >= 0.3 is 0 Å². The van der Waals surface area contributed by atoms with Crippen molar-refractivity contribution < 1.29 is 4.42 Å². The minimum Gasteiger partial charge on any atom is -0.459 e. The van der Waals surface area contributed by atoms with Gasteiger partial charge in [-0.25, -0.2) is 5.43 Å². The molecule has 3 N–H and O–H groups in total. The summed E-state index contributed by atoms with van der Waals surface area (Å²) in [6, 6.07) is 8.27. The summed E-state index contributed by atoms with van der Waals surface area (Å²) in [4.78, 5) is 0. The van der Waals surface area contributed by atoms with Crippen LogP contribution in [0.2, 0.25) is 0 Å². The zero-order chi connectivity index (χ0) is 11.7. The van der Waals surface area contributed by atoms with Crippen LogP contribution in [-0.4, -0.2) is 0 Å². The van der Waals surface area contributed by atoms with Gasteiger partial charge < -0.3 is 4.42 Å². The molecule has 2 rings (SSSR count). The molecule has 0 bridgehead atoms. The molecule has 16 heavy (non-hydrogen) atoms. The first-order valence-corrected chi connectivity index (χ1v) is 5.58. The van der Waals surface area contributed by atoms with Crippen molar-refractivity contribution in [3.8, 4) is 0 Å². The molecule has 1 aromatic carbocycles. The Labute approximate surface area is 95.6 Å². The van der Waals surface area contributed by atoms with E-state index in [0.29, 0.717) is 5.92 Å². The number of nitrogens with two attached hydrogens (primary N) is 1. The predicted molar refractivity (Wildman–Crippen MR) is 65.9 cm³/mol. The normalized spacial score (nSPS) is 13.6. The van der Waals surface area contributed by atoms with Crippen molar-refractivity contribution in [2.45, 2.75) is 26.8 Å². The van der Waals surface area contributed by atoms with Crippen LogP contribution in [-0.2, 0) is 0 Å². The molecule has 0 radical (unpaired) electrons. The first kappa shape index (κ1) is 11.2. The van der Waals surface area contributed by atoms with Gasteiger partial charge in [-0.3, -0.25) is 5.84 Å². The van der Waals surface area contributed by atoms with E-state index in [-0.39, 0.29) is 6.04 Å². The Morgan fingerprint density at radius 2 is 2.06 bits per heavy atom. The van der Waals surface area contributed by atoms with Crippen LogP contribution >= 0.6 is 0 Å². The topological polar surface area (TPSA) is 51.2 Å². The van der Waals surface area contributed by atoms with E-state index in [0.717, 1.165) is 22.3 Å². The molecule has 0 amide bonds. The van der Waals surface area contributed by atoms with E-state index in [2.05, 4.69) is 44.4 Å². The van der Waals surface area contributed by atoms with E-state index in [9.17, 15) is 0 Å². The van der Waals surface area contributed by atoms with Crippen molar-refractivity contribution in [2.75, 3.05) is 0 Å². The second-order valence-electron chi connectivity index (χ2n) is 4.53. The maximum absolute atomic E-state index is 5.87. The summed E-state index contributed by atoms with van der Waals surface area (Å²) >= 11 is 0. The number of nitrogens with one attached hydrogen (secondary N) is 1. The molecular weight excluding hydrogens is 200 g/mol. The van der Waals surface area contributed by atoms with Gasteiger partial charge in [-0.2, -0.15) is 0 Å². The van der Waals surface area contributed by atoms with E-state index >= 15 is 0 Å². The number of aryl methyl sites for hydroxylation is 1. The lowest BCUT2D eigenvalue weighted by Crippen LogP contribution is -2.31. The maximum Gasteiger partial charge on any atom is 0.137 e. The van der Waals surface area contributed by atoms with Gasteiger partial charge in [0.1, 0.15) is 11.3 Å². The molecule has 2 aromatic rings. The Kier molecular flexibility index (Phi) is 2.99. The van der Waals surface area contributed by atoms with Crippen LogP contribution in [0.1, 0.15) is 31.2 Å². The number of fused-ring (bicyclic) bond motifs is 1. The molecule has 1 heterocycles. The monoisotopic (exact) mass is 218 g/mol. The molecule has 0 saturated heterocycles. The summed E-state index contributed by atoms with van der Waals surface area (Å²) in [6.45, 7) is 6.28. The number of hydrazine groups is 1. The zero-order valence-electron chi connectivity index (χ0n) is 9.95. The first-order valence-electron chi connectivity index (χ1n) is 5.58.